The van der Waals surface area contributed by atoms with Crippen LogP contribution in [-0.2, 0) is 21.1 Å². The Balaban J connectivity index is 1.72. The van der Waals surface area contributed by atoms with Crippen LogP contribution in [0.1, 0.15) is 10.4 Å². The lowest BCUT2D eigenvalue weighted by Gasteiger charge is -2.36. The number of carbonyl (C=O) groups excluding carboxylic acids is 1. The topological polar surface area (TPSA) is 98.8 Å². The molecule has 4 rings (SSSR count). The number of anilines is 1. The summed E-state index contributed by atoms with van der Waals surface area (Å²) in [6.45, 7) is 1.98. The summed E-state index contributed by atoms with van der Waals surface area (Å²) in [6, 6.07) is 8.87. The summed E-state index contributed by atoms with van der Waals surface area (Å²) in [7, 11) is 5.93. The predicted octanol–water partition coefficient (Wildman–Crippen LogP) is -0.0931. The van der Waals surface area contributed by atoms with Crippen molar-refractivity contribution in [3.8, 4) is 5.75 Å². The molecule has 0 bridgehead atoms. The van der Waals surface area contributed by atoms with E-state index in [1.54, 1.807) is 12.0 Å². The molecule has 0 unspecified atom stereocenters. The first-order chi connectivity index (χ1) is 15.3. The normalized spacial score (nSPS) is 14.1. The second-order valence-electron chi connectivity index (χ2n) is 7.81. The number of aromatic nitrogens is 3. The third kappa shape index (κ3) is 3.28. The number of piperazine rings is 1. The number of para-hydroxylation sites is 2. The van der Waals surface area contributed by atoms with Crippen LogP contribution in [0.5, 0.6) is 5.75 Å². The molecule has 1 fully saturated rings. The van der Waals surface area contributed by atoms with E-state index in [0.717, 1.165) is 16.0 Å². The lowest BCUT2D eigenvalue weighted by molar-refractivity contribution is 0.0748. The van der Waals surface area contributed by atoms with Gasteiger partial charge in [0, 0.05) is 53.4 Å². The number of ether oxygens (including phenoxy) is 1. The van der Waals surface area contributed by atoms with Crippen LogP contribution < -0.4 is 26.4 Å². The molecule has 3 heterocycles. The van der Waals surface area contributed by atoms with Gasteiger partial charge in [0.15, 0.2) is 0 Å². The number of hydrogen-bond donors (Lipinski definition) is 0. The highest BCUT2D eigenvalue weighted by molar-refractivity contribution is 6.05. The van der Waals surface area contributed by atoms with Crippen LogP contribution in [0.2, 0.25) is 0 Å². The minimum atomic E-state index is -0.602. The number of fused-ring (bicyclic) bond motifs is 1. The van der Waals surface area contributed by atoms with Crippen LogP contribution in [0, 0.1) is 0 Å². The molecule has 0 atom stereocenters. The van der Waals surface area contributed by atoms with Gasteiger partial charge in [-0.05, 0) is 12.1 Å². The fraction of sp³-hybridized carbons (Fsp3) is 0.364. The minimum absolute atomic E-state index is 0.0186. The number of hydrogen-bond acceptors (Lipinski definition) is 6. The highest BCUT2D eigenvalue weighted by Gasteiger charge is 2.27. The van der Waals surface area contributed by atoms with E-state index in [1.165, 1.54) is 36.3 Å². The van der Waals surface area contributed by atoms with Gasteiger partial charge in [-0.2, -0.15) is 0 Å². The molecule has 0 saturated carbocycles. The van der Waals surface area contributed by atoms with Gasteiger partial charge in [-0.1, -0.05) is 12.1 Å². The van der Waals surface area contributed by atoms with Gasteiger partial charge in [0.05, 0.1) is 23.7 Å². The molecule has 0 radical (unpaired) electrons. The Kier molecular flexibility index (Phi) is 5.37. The van der Waals surface area contributed by atoms with E-state index in [4.69, 9.17) is 4.74 Å². The standard InChI is InChI=1S/C22H25N5O5/c1-23-17(28)13-14(18-19(23)24(2)22(31)25(3)21(18)30)20(29)27-11-9-26(10-12-27)15-7-5-6-8-16(15)32-4/h5-8,13H,9-12H2,1-4H3. The van der Waals surface area contributed by atoms with Crippen LogP contribution >= 0.6 is 0 Å². The molecule has 1 saturated heterocycles. The fourth-order valence-electron chi connectivity index (χ4n) is 4.24. The number of methoxy groups -OCH3 is 1. The van der Waals surface area contributed by atoms with E-state index in [1.807, 2.05) is 24.3 Å². The summed E-state index contributed by atoms with van der Waals surface area (Å²) in [4.78, 5) is 55.0. The third-order valence-electron chi connectivity index (χ3n) is 6.04. The lowest BCUT2D eigenvalue weighted by Crippen LogP contribution is -2.49. The van der Waals surface area contributed by atoms with Gasteiger partial charge in [-0.3, -0.25) is 28.1 Å². The highest BCUT2D eigenvalue weighted by atomic mass is 16.5. The van der Waals surface area contributed by atoms with Crippen molar-refractivity contribution in [2.24, 2.45) is 21.1 Å². The zero-order valence-electron chi connectivity index (χ0n) is 18.5. The number of pyridine rings is 1. The molecule has 32 heavy (non-hydrogen) atoms. The first kappa shape index (κ1) is 21.4. The summed E-state index contributed by atoms with van der Waals surface area (Å²) in [5.74, 6) is 0.359. The maximum Gasteiger partial charge on any atom is 0.332 e. The fourth-order valence-corrected chi connectivity index (χ4v) is 4.24. The molecule has 1 amide bonds. The second kappa shape index (κ2) is 8.03. The summed E-state index contributed by atoms with van der Waals surface area (Å²) < 4.78 is 8.82. The number of aryl methyl sites for hydroxylation is 2. The smallest absolute Gasteiger partial charge is 0.332 e. The molecule has 1 aliphatic rings. The van der Waals surface area contributed by atoms with Gasteiger partial charge >= 0.3 is 5.69 Å². The van der Waals surface area contributed by atoms with Crippen LogP contribution in [0.4, 0.5) is 5.69 Å². The highest BCUT2D eigenvalue weighted by Crippen LogP contribution is 2.28. The van der Waals surface area contributed by atoms with E-state index in [2.05, 4.69) is 4.90 Å². The zero-order chi connectivity index (χ0) is 23.2. The first-order valence-electron chi connectivity index (χ1n) is 10.2. The Morgan fingerprint density at radius 3 is 2.22 bits per heavy atom. The van der Waals surface area contributed by atoms with E-state index >= 15 is 0 Å². The SMILES string of the molecule is COc1ccccc1N1CCN(C(=O)c2cc(=O)n(C)c3c2c(=O)n(C)c(=O)n3C)CC1. The molecule has 10 heteroatoms. The Morgan fingerprint density at radius 2 is 1.56 bits per heavy atom. The van der Waals surface area contributed by atoms with Crippen molar-refractivity contribution in [1.82, 2.24) is 18.6 Å². The maximum absolute atomic E-state index is 13.4. The largest absolute Gasteiger partial charge is 0.495 e. The maximum atomic E-state index is 13.4. The Labute approximate surface area is 183 Å². The molecule has 0 spiro atoms. The molecule has 1 aromatic carbocycles. The zero-order valence-corrected chi connectivity index (χ0v) is 18.5. The molecular formula is C22H25N5O5. The van der Waals surface area contributed by atoms with Crippen LogP contribution in [0.15, 0.2) is 44.7 Å². The van der Waals surface area contributed by atoms with Crippen molar-refractivity contribution < 1.29 is 9.53 Å². The van der Waals surface area contributed by atoms with E-state index in [9.17, 15) is 19.2 Å². The van der Waals surface area contributed by atoms with Crippen molar-refractivity contribution in [3.63, 3.8) is 0 Å². The van der Waals surface area contributed by atoms with Crippen molar-refractivity contribution in [3.05, 3.63) is 67.1 Å². The molecule has 2 aromatic heterocycles. The Bertz CT molecular complexity index is 1390. The molecular weight excluding hydrogens is 414 g/mol. The van der Waals surface area contributed by atoms with E-state index in [0.29, 0.717) is 26.2 Å². The van der Waals surface area contributed by atoms with Crippen molar-refractivity contribution in [1.29, 1.82) is 0 Å². The third-order valence-corrected chi connectivity index (χ3v) is 6.04. The van der Waals surface area contributed by atoms with Crippen molar-refractivity contribution in [2.45, 2.75) is 0 Å². The number of carbonyl (C=O) groups is 1. The summed E-state index contributed by atoms with van der Waals surface area (Å²) in [6.07, 6.45) is 0. The van der Waals surface area contributed by atoms with Crippen LogP contribution in [-0.4, -0.2) is 57.8 Å². The van der Waals surface area contributed by atoms with E-state index < -0.39 is 22.7 Å². The Morgan fingerprint density at radius 1 is 0.906 bits per heavy atom. The average Bonchev–Trinajstić information content (AvgIpc) is 2.82. The molecule has 1 aliphatic heterocycles. The van der Waals surface area contributed by atoms with Crippen molar-refractivity contribution in [2.75, 3.05) is 38.2 Å². The van der Waals surface area contributed by atoms with Crippen LogP contribution in [0.3, 0.4) is 0 Å². The van der Waals surface area contributed by atoms with Gasteiger partial charge in [0.2, 0.25) is 0 Å². The van der Waals surface area contributed by atoms with Crippen molar-refractivity contribution >= 4 is 22.6 Å². The molecule has 0 N–H and O–H groups in total. The summed E-state index contributed by atoms with van der Waals surface area (Å²) in [5, 5.41) is 0.0638. The van der Waals surface area contributed by atoms with Crippen LogP contribution in [0.25, 0.3) is 11.0 Å². The van der Waals surface area contributed by atoms with Gasteiger partial charge in [0.1, 0.15) is 11.4 Å². The second-order valence-corrected chi connectivity index (χ2v) is 7.81. The first-order valence-corrected chi connectivity index (χ1v) is 10.2. The minimum Gasteiger partial charge on any atom is -0.495 e. The van der Waals surface area contributed by atoms with E-state index in [-0.39, 0.29) is 16.6 Å². The summed E-state index contributed by atoms with van der Waals surface area (Å²) >= 11 is 0. The number of benzene rings is 1. The lowest BCUT2D eigenvalue weighted by atomic mass is 10.1. The monoisotopic (exact) mass is 439 g/mol. The molecule has 168 valence electrons. The average molecular weight is 439 g/mol. The quantitative estimate of drug-likeness (QED) is 0.566. The number of rotatable bonds is 3. The van der Waals surface area contributed by atoms with Gasteiger partial charge in [-0.25, -0.2) is 4.79 Å². The summed E-state index contributed by atoms with van der Waals surface area (Å²) in [5.41, 5.74) is -0.532. The van der Waals surface area contributed by atoms with Gasteiger partial charge in [0.25, 0.3) is 17.0 Å². The Hall–Kier alpha value is -3.82. The van der Waals surface area contributed by atoms with Gasteiger partial charge < -0.3 is 14.5 Å². The molecule has 10 nitrogen and oxygen atoms in total. The molecule has 3 aromatic rings. The molecule has 0 aliphatic carbocycles. The number of amides is 1. The number of nitrogens with zero attached hydrogens (tertiary/aromatic N) is 5. The predicted molar refractivity (Wildman–Crippen MR) is 121 cm³/mol. The van der Waals surface area contributed by atoms with Gasteiger partial charge in [-0.15, -0.1) is 0 Å².